The first kappa shape index (κ1) is 16.1. The summed E-state index contributed by atoms with van der Waals surface area (Å²) in [5.41, 5.74) is 0. The van der Waals surface area contributed by atoms with Crippen molar-refractivity contribution in [3.05, 3.63) is 18.2 Å². The predicted octanol–water partition coefficient (Wildman–Crippen LogP) is 0.820. The monoisotopic (exact) mass is 331 g/mol. The highest BCUT2D eigenvalue weighted by molar-refractivity contribution is 5.76. The Balaban J connectivity index is 1.25. The topological polar surface area (TPSA) is 44.6 Å². The number of rotatable bonds is 4. The lowest BCUT2D eigenvalue weighted by molar-refractivity contribution is -0.134. The molecule has 6 nitrogen and oxygen atoms in total. The summed E-state index contributed by atoms with van der Waals surface area (Å²) in [5, 5.41) is 0. The molecule has 5 heterocycles. The first-order valence-corrected chi connectivity index (χ1v) is 9.42. The normalized spacial score (nSPS) is 30.7. The average molecular weight is 331 g/mol. The Bertz CT molecular complexity index is 570. The summed E-state index contributed by atoms with van der Waals surface area (Å²) in [4.78, 5) is 24.0. The first-order chi connectivity index (χ1) is 11.7. The molecule has 24 heavy (non-hydrogen) atoms. The van der Waals surface area contributed by atoms with E-state index in [0.717, 1.165) is 50.5 Å². The van der Waals surface area contributed by atoms with Crippen molar-refractivity contribution in [3.63, 3.8) is 0 Å². The molecular weight excluding hydrogens is 302 g/mol. The maximum Gasteiger partial charge on any atom is 0.224 e. The summed E-state index contributed by atoms with van der Waals surface area (Å²) in [7, 11) is 0. The van der Waals surface area contributed by atoms with Crippen LogP contribution in [0.5, 0.6) is 0 Å². The molecule has 0 N–H and O–H groups in total. The van der Waals surface area contributed by atoms with Crippen LogP contribution in [0.1, 0.15) is 25.1 Å². The second-order valence-electron chi connectivity index (χ2n) is 7.54. The van der Waals surface area contributed by atoms with Gasteiger partial charge in [0, 0.05) is 64.1 Å². The van der Waals surface area contributed by atoms with Gasteiger partial charge < -0.3 is 14.4 Å². The highest BCUT2D eigenvalue weighted by Crippen LogP contribution is 2.31. The van der Waals surface area contributed by atoms with Crippen molar-refractivity contribution in [2.45, 2.75) is 38.8 Å². The second kappa shape index (κ2) is 6.84. The molecule has 1 amide bonds. The van der Waals surface area contributed by atoms with Crippen molar-refractivity contribution in [1.82, 2.24) is 24.3 Å². The molecule has 4 fully saturated rings. The van der Waals surface area contributed by atoms with Gasteiger partial charge in [-0.2, -0.15) is 0 Å². The van der Waals surface area contributed by atoms with Crippen LogP contribution < -0.4 is 0 Å². The van der Waals surface area contributed by atoms with Gasteiger partial charge in [0.05, 0.1) is 0 Å². The number of amides is 1. The van der Waals surface area contributed by atoms with E-state index in [1.54, 1.807) is 6.20 Å². The summed E-state index contributed by atoms with van der Waals surface area (Å²) in [6.07, 6.45) is 7.07. The van der Waals surface area contributed by atoms with Gasteiger partial charge in [-0.1, -0.05) is 0 Å². The smallest absolute Gasteiger partial charge is 0.224 e. The lowest BCUT2D eigenvalue weighted by Crippen LogP contribution is -2.61. The Labute approximate surface area is 144 Å². The molecule has 0 aliphatic carbocycles. The molecule has 1 aromatic heterocycles. The molecule has 6 heteroatoms. The van der Waals surface area contributed by atoms with Crippen LogP contribution in [-0.4, -0.2) is 82.0 Å². The van der Waals surface area contributed by atoms with Crippen molar-refractivity contribution >= 4 is 5.91 Å². The second-order valence-corrected chi connectivity index (χ2v) is 7.54. The average Bonchev–Trinajstić information content (AvgIpc) is 3.06. The summed E-state index contributed by atoms with van der Waals surface area (Å²) in [6.45, 7) is 10.5. The number of piperazine rings is 1. The van der Waals surface area contributed by atoms with E-state index < -0.39 is 0 Å². The van der Waals surface area contributed by atoms with E-state index >= 15 is 0 Å². The van der Waals surface area contributed by atoms with E-state index in [9.17, 15) is 4.79 Å². The van der Waals surface area contributed by atoms with E-state index in [-0.39, 0.29) is 5.91 Å². The van der Waals surface area contributed by atoms with E-state index in [1.165, 1.54) is 32.5 Å². The SMILES string of the molecule is Cc1nccn1CCC(=O)N1CCN([C@@H]2CN3CCC2CC3)CC1. The minimum atomic E-state index is 0.289. The number of hydrogen-bond acceptors (Lipinski definition) is 4. The van der Waals surface area contributed by atoms with Crippen LogP contribution in [0.3, 0.4) is 0 Å². The van der Waals surface area contributed by atoms with E-state index in [2.05, 4.69) is 24.3 Å². The number of aromatic nitrogens is 2. The van der Waals surface area contributed by atoms with Gasteiger partial charge in [0.15, 0.2) is 0 Å². The summed E-state index contributed by atoms with van der Waals surface area (Å²) >= 11 is 0. The molecule has 0 saturated carbocycles. The van der Waals surface area contributed by atoms with Gasteiger partial charge in [-0.25, -0.2) is 4.98 Å². The van der Waals surface area contributed by atoms with Crippen molar-refractivity contribution in [2.24, 2.45) is 5.92 Å². The lowest BCUT2D eigenvalue weighted by atomic mass is 9.83. The number of piperidine rings is 3. The Kier molecular flexibility index (Phi) is 4.59. The maximum absolute atomic E-state index is 12.5. The summed E-state index contributed by atoms with van der Waals surface area (Å²) < 4.78 is 2.06. The summed E-state index contributed by atoms with van der Waals surface area (Å²) in [6, 6.07) is 0.735. The van der Waals surface area contributed by atoms with Gasteiger partial charge in [0.25, 0.3) is 0 Å². The largest absolute Gasteiger partial charge is 0.340 e. The number of imidazole rings is 1. The van der Waals surface area contributed by atoms with E-state index in [0.29, 0.717) is 6.42 Å². The van der Waals surface area contributed by atoms with Gasteiger partial charge in [0.1, 0.15) is 5.82 Å². The Morgan fingerprint density at radius 2 is 1.92 bits per heavy atom. The van der Waals surface area contributed by atoms with Gasteiger partial charge in [-0.15, -0.1) is 0 Å². The van der Waals surface area contributed by atoms with Crippen molar-refractivity contribution in [3.8, 4) is 0 Å². The molecule has 4 aliphatic heterocycles. The highest BCUT2D eigenvalue weighted by atomic mass is 16.2. The van der Waals surface area contributed by atoms with Crippen LogP contribution in [-0.2, 0) is 11.3 Å². The third-order valence-corrected chi connectivity index (χ3v) is 6.25. The number of nitrogens with zero attached hydrogens (tertiary/aromatic N) is 5. The quantitative estimate of drug-likeness (QED) is 0.819. The minimum Gasteiger partial charge on any atom is -0.340 e. The van der Waals surface area contributed by atoms with Crippen molar-refractivity contribution < 1.29 is 4.79 Å². The third kappa shape index (κ3) is 3.22. The fraction of sp³-hybridized carbons (Fsp3) is 0.778. The molecule has 0 aromatic carbocycles. The van der Waals surface area contributed by atoms with Crippen LogP contribution in [0, 0.1) is 12.8 Å². The van der Waals surface area contributed by atoms with Gasteiger partial charge >= 0.3 is 0 Å². The predicted molar refractivity (Wildman–Crippen MR) is 92.7 cm³/mol. The molecule has 132 valence electrons. The Morgan fingerprint density at radius 3 is 2.50 bits per heavy atom. The number of aryl methyl sites for hydroxylation is 2. The molecule has 4 aliphatic rings. The number of hydrogen-bond donors (Lipinski definition) is 0. The molecule has 1 atom stereocenters. The standard InChI is InChI=1S/C18H29N5O/c1-15-19-5-9-21(15)8-4-18(24)23-12-10-22(11-13-23)17-14-20-6-2-16(17)3-7-20/h5,9,16-17H,2-4,6-8,10-14H2,1H3/t17-/m1/s1. The lowest BCUT2D eigenvalue weighted by Gasteiger charge is -2.51. The molecular formula is C18H29N5O. The number of fused-ring (bicyclic) bond motifs is 3. The fourth-order valence-corrected chi connectivity index (χ4v) is 4.66. The third-order valence-electron chi connectivity index (χ3n) is 6.25. The molecule has 5 rings (SSSR count). The molecule has 4 saturated heterocycles. The van der Waals surface area contributed by atoms with Crippen LogP contribution in [0.4, 0.5) is 0 Å². The molecule has 0 radical (unpaired) electrons. The number of carbonyl (C=O) groups is 1. The zero-order valence-electron chi connectivity index (χ0n) is 14.7. The first-order valence-electron chi connectivity index (χ1n) is 9.42. The molecule has 1 aromatic rings. The van der Waals surface area contributed by atoms with Crippen molar-refractivity contribution in [1.29, 1.82) is 0 Å². The van der Waals surface area contributed by atoms with E-state index in [4.69, 9.17) is 0 Å². The van der Waals surface area contributed by atoms with Crippen LogP contribution in [0.15, 0.2) is 12.4 Å². The van der Waals surface area contributed by atoms with Crippen LogP contribution in [0.25, 0.3) is 0 Å². The Morgan fingerprint density at radius 1 is 1.17 bits per heavy atom. The van der Waals surface area contributed by atoms with Gasteiger partial charge in [0.2, 0.25) is 5.91 Å². The molecule has 0 spiro atoms. The van der Waals surface area contributed by atoms with Gasteiger partial charge in [-0.3, -0.25) is 9.69 Å². The van der Waals surface area contributed by atoms with E-state index in [1.807, 2.05) is 13.1 Å². The maximum atomic E-state index is 12.5. The van der Waals surface area contributed by atoms with Crippen LogP contribution in [0.2, 0.25) is 0 Å². The zero-order valence-corrected chi connectivity index (χ0v) is 14.7. The minimum absolute atomic E-state index is 0.289. The zero-order chi connectivity index (χ0) is 16.5. The van der Waals surface area contributed by atoms with Gasteiger partial charge in [-0.05, 0) is 38.8 Å². The molecule has 0 unspecified atom stereocenters. The van der Waals surface area contributed by atoms with Crippen molar-refractivity contribution in [2.75, 3.05) is 45.8 Å². The number of carbonyl (C=O) groups excluding carboxylic acids is 1. The summed E-state index contributed by atoms with van der Waals surface area (Å²) in [5.74, 6) is 2.16. The highest BCUT2D eigenvalue weighted by Gasteiger charge is 2.38. The Hall–Kier alpha value is -1.40. The molecule has 2 bridgehead atoms. The van der Waals surface area contributed by atoms with Crippen LogP contribution >= 0.6 is 0 Å². The fourth-order valence-electron chi connectivity index (χ4n) is 4.66.